The fourth-order valence-corrected chi connectivity index (χ4v) is 2.55. The lowest BCUT2D eigenvalue weighted by Crippen LogP contribution is -2.19. The molecule has 3 aromatic carbocycles. The highest BCUT2D eigenvalue weighted by Crippen LogP contribution is 2.28. The lowest BCUT2D eigenvalue weighted by molar-refractivity contribution is 0.262. The Morgan fingerprint density at radius 3 is 2.23 bits per heavy atom. The molecule has 0 saturated carbocycles. The molecule has 0 aromatic heterocycles. The minimum absolute atomic E-state index is 0.413. The number of nitrogens with one attached hydrogen (secondary N) is 2. The van der Waals surface area contributed by atoms with E-state index in [9.17, 15) is 4.79 Å². The van der Waals surface area contributed by atoms with Crippen molar-refractivity contribution in [1.82, 2.24) is 0 Å². The van der Waals surface area contributed by atoms with Crippen LogP contribution in [-0.2, 0) is 0 Å². The zero-order chi connectivity index (χ0) is 18.4. The highest BCUT2D eigenvalue weighted by atomic mass is 16.2. The number of para-hydroxylation sites is 1. The van der Waals surface area contributed by atoms with Crippen LogP contribution in [0.4, 0.5) is 16.2 Å². The van der Waals surface area contributed by atoms with Crippen LogP contribution in [0, 0.1) is 22.7 Å². The normalized spacial score (nSPS) is 9.62. The number of anilines is 2. The van der Waals surface area contributed by atoms with Crippen molar-refractivity contribution >= 4 is 17.4 Å². The van der Waals surface area contributed by atoms with Gasteiger partial charge in [0.1, 0.15) is 0 Å². The van der Waals surface area contributed by atoms with Gasteiger partial charge in [-0.05, 0) is 42.0 Å². The van der Waals surface area contributed by atoms with Crippen molar-refractivity contribution in [2.24, 2.45) is 0 Å². The first-order valence-corrected chi connectivity index (χ1v) is 7.87. The topological polar surface area (TPSA) is 88.7 Å². The molecule has 0 fully saturated rings. The average Bonchev–Trinajstić information content (AvgIpc) is 2.68. The predicted octanol–water partition coefficient (Wildman–Crippen LogP) is 4.74. The lowest BCUT2D eigenvalue weighted by Gasteiger charge is -2.12. The van der Waals surface area contributed by atoms with Crippen molar-refractivity contribution in [3.05, 3.63) is 83.9 Å². The second kappa shape index (κ2) is 7.65. The molecule has 26 heavy (non-hydrogen) atoms. The molecule has 0 unspecified atom stereocenters. The number of carbonyl (C=O) groups is 1. The molecule has 0 saturated heterocycles. The maximum Gasteiger partial charge on any atom is 0.323 e. The van der Waals surface area contributed by atoms with Crippen LogP contribution in [0.15, 0.2) is 72.8 Å². The Kier molecular flexibility index (Phi) is 4.93. The monoisotopic (exact) mass is 338 g/mol. The van der Waals surface area contributed by atoms with Crippen molar-refractivity contribution in [3.63, 3.8) is 0 Å². The highest BCUT2D eigenvalue weighted by molar-refractivity contribution is 6.02. The molecular formula is C21H14N4O. The van der Waals surface area contributed by atoms with Crippen molar-refractivity contribution in [2.45, 2.75) is 0 Å². The van der Waals surface area contributed by atoms with E-state index in [1.807, 2.05) is 30.3 Å². The number of benzene rings is 3. The number of carbonyl (C=O) groups excluding carboxylic acids is 1. The Morgan fingerprint density at radius 1 is 0.769 bits per heavy atom. The van der Waals surface area contributed by atoms with Crippen LogP contribution in [0.25, 0.3) is 11.1 Å². The van der Waals surface area contributed by atoms with Gasteiger partial charge in [-0.2, -0.15) is 10.5 Å². The van der Waals surface area contributed by atoms with Crippen LogP contribution in [0.1, 0.15) is 11.1 Å². The van der Waals surface area contributed by atoms with Crippen LogP contribution in [0.2, 0.25) is 0 Å². The number of hydrogen-bond donors (Lipinski definition) is 2. The Morgan fingerprint density at radius 2 is 1.46 bits per heavy atom. The van der Waals surface area contributed by atoms with E-state index < -0.39 is 6.03 Å². The quantitative estimate of drug-likeness (QED) is 0.723. The number of nitrogens with zero attached hydrogens (tertiary/aromatic N) is 2. The van der Waals surface area contributed by atoms with E-state index in [2.05, 4.69) is 16.7 Å². The maximum atomic E-state index is 12.3. The SMILES string of the molecule is N#Cc1cccc(NC(=O)Nc2ccccc2-c2cccc(C#N)c2)c1. The van der Waals surface area contributed by atoms with Gasteiger partial charge in [-0.15, -0.1) is 0 Å². The van der Waals surface area contributed by atoms with E-state index in [1.54, 1.807) is 48.5 Å². The van der Waals surface area contributed by atoms with Gasteiger partial charge in [-0.25, -0.2) is 4.79 Å². The molecule has 0 spiro atoms. The number of urea groups is 1. The molecule has 0 bridgehead atoms. The molecule has 0 atom stereocenters. The van der Waals surface area contributed by atoms with Crippen molar-refractivity contribution in [3.8, 4) is 23.3 Å². The van der Waals surface area contributed by atoms with Gasteiger partial charge >= 0.3 is 6.03 Å². The second-order valence-electron chi connectivity index (χ2n) is 5.51. The fraction of sp³-hybridized carbons (Fsp3) is 0. The Labute approximate surface area is 151 Å². The van der Waals surface area contributed by atoms with Crippen molar-refractivity contribution < 1.29 is 4.79 Å². The van der Waals surface area contributed by atoms with E-state index in [4.69, 9.17) is 10.5 Å². The summed E-state index contributed by atoms with van der Waals surface area (Å²) in [5.41, 5.74) is 3.82. The smallest absolute Gasteiger partial charge is 0.308 e. The van der Waals surface area contributed by atoms with Gasteiger partial charge < -0.3 is 10.6 Å². The molecule has 3 rings (SSSR count). The van der Waals surface area contributed by atoms with Gasteiger partial charge in [0.05, 0.1) is 29.0 Å². The molecule has 124 valence electrons. The molecule has 0 aliphatic rings. The van der Waals surface area contributed by atoms with Gasteiger partial charge in [0.25, 0.3) is 0 Å². The largest absolute Gasteiger partial charge is 0.323 e. The molecule has 3 aromatic rings. The first-order chi connectivity index (χ1) is 12.7. The Bertz CT molecular complexity index is 1040. The molecule has 0 aliphatic carbocycles. The summed E-state index contributed by atoms with van der Waals surface area (Å²) in [5.74, 6) is 0. The lowest BCUT2D eigenvalue weighted by atomic mass is 10.0. The van der Waals surface area contributed by atoms with Crippen molar-refractivity contribution in [2.75, 3.05) is 10.6 Å². The van der Waals surface area contributed by atoms with Crippen molar-refractivity contribution in [1.29, 1.82) is 10.5 Å². The Hall–Kier alpha value is -4.09. The third kappa shape index (κ3) is 3.87. The molecular weight excluding hydrogens is 324 g/mol. The Balaban J connectivity index is 1.83. The maximum absolute atomic E-state index is 12.3. The molecule has 0 heterocycles. The van der Waals surface area contributed by atoms with Gasteiger partial charge in [0, 0.05) is 11.3 Å². The van der Waals surface area contributed by atoms with E-state index in [-0.39, 0.29) is 0 Å². The fourth-order valence-electron chi connectivity index (χ4n) is 2.55. The second-order valence-corrected chi connectivity index (χ2v) is 5.51. The number of rotatable bonds is 3. The van der Waals surface area contributed by atoms with E-state index in [1.165, 1.54) is 0 Å². The standard InChI is InChI=1S/C21H14N4O/c22-13-15-5-3-7-17(11-15)19-9-1-2-10-20(19)25-21(26)24-18-8-4-6-16(12-18)14-23/h1-12H,(H2,24,25,26). The van der Waals surface area contributed by atoms with E-state index in [0.717, 1.165) is 11.1 Å². The van der Waals surface area contributed by atoms with Gasteiger partial charge in [0.15, 0.2) is 0 Å². The average molecular weight is 338 g/mol. The first-order valence-electron chi connectivity index (χ1n) is 7.87. The minimum Gasteiger partial charge on any atom is -0.308 e. The summed E-state index contributed by atoms with van der Waals surface area (Å²) >= 11 is 0. The summed E-state index contributed by atoms with van der Waals surface area (Å²) in [6, 6.07) is 25.0. The van der Waals surface area contributed by atoms with Crippen LogP contribution < -0.4 is 10.6 Å². The number of nitriles is 2. The van der Waals surface area contributed by atoms with E-state index in [0.29, 0.717) is 22.5 Å². The number of amides is 2. The molecule has 2 amide bonds. The molecule has 2 N–H and O–H groups in total. The first kappa shape index (κ1) is 16.8. The zero-order valence-corrected chi connectivity index (χ0v) is 13.7. The minimum atomic E-state index is -0.413. The van der Waals surface area contributed by atoms with Gasteiger partial charge in [-0.3, -0.25) is 0 Å². The highest BCUT2D eigenvalue weighted by Gasteiger charge is 2.09. The summed E-state index contributed by atoms with van der Waals surface area (Å²) in [6.07, 6.45) is 0. The van der Waals surface area contributed by atoms with E-state index >= 15 is 0 Å². The zero-order valence-electron chi connectivity index (χ0n) is 13.7. The summed E-state index contributed by atoms with van der Waals surface area (Å²) in [7, 11) is 0. The summed E-state index contributed by atoms with van der Waals surface area (Å²) in [6.45, 7) is 0. The van der Waals surface area contributed by atoms with Gasteiger partial charge in [0.2, 0.25) is 0 Å². The summed E-state index contributed by atoms with van der Waals surface area (Å²) in [5, 5.41) is 23.5. The number of hydrogen-bond acceptors (Lipinski definition) is 3. The third-order valence-corrected chi connectivity index (χ3v) is 3.73. The molecule has 0 aliphatic heterocycles. The predicted molar refractivity (Wildman–Crippen MR) is 100 cm³/mol. The molecule has 5 nitrogen and oxygen atoms in total. The van der Waals surface area contributed by atoms with Crippen LogP contribution in [0.3, 0.4) is 0 Å². The van der Waals surface area contributed by atoms with Crippen LogP contribution in [-0.4, -0.2) is 6.03 Å². The van der Waals surface area contributed by atoms with Crippen LogP contribution >= 0.6 is 0 Å². The van der Waals surface area contributed by atoms with Gasteiger partial charge in [-0.1, -0.05) is 36.4 Å². The molecule has 0 radical (unpaired) electrons. The summed E-state index contributed by atoms with van der Waals surface area (Å²) in [4.78, 5) is 12.3. The molecule has 5 heteroatoms. The third-order valence-electron chi connectivity index (χ3n) is 3.73. The summed E-state index contributed by atoms with van der Waals surface area (Å²) < 4.78 is 0. The van der Waals surface area contributed by atoms with Crippen LogP contribution in [0.5, 0.6) is 0 Å².